The van der Waals surface area contributed by atoms with Crippen molar-refractivity contribution in [2.75, 3.05) is 17.7 Å². The summed E-state index contributed by atoms with van der Waals surface area (Å²) in [7, 11) is 1.57. The van der Waals surface area contributed by atoms with Gasteiger partial charge >= 0.3 is 0 Å². The van der Waals surface area contributed by atoms with Gasteiger partial charge in [-0.2, -0.15) is 0 Å². The molecule has 1 heterocycles. The molecule has 0 saturated carbocycles. The lowest BCUT2D eigenvalue weighted by molar-refractivity contribution is 0.102. The van der Waals surface area contributed by atoms with Crippen LogP contribution in [0.5, 0.6) is 5.75 Å². The van der Waals surface area contributed by atoms with Gasteiger partial charge in [-0.05, 0) is 54.4 Å². The Kier molecular flexibility index (Phi) is 5.49. The lowest BCUT2D eigenvalue weighted by atomic mass is 10.1. The molecule has 0 aliphatic carbocycles. The third-order valence-corrected chi connectivity index (χ3v) is 3.99. The monoisotopic (exact) mass is 347 g/mol. The van der Waals surface area contributed by atoms with Crippen molar-refractivity contribution >= 4 is 23.1 Å². The quantitative estimate of drug-likeness (QED) is 0.681. The number of aryl methyl sites for hydroxylation is 1. The van der Waals surface area contributed by atoms with Crippen molar-refractivity contribution in [2.24, 2.45) is 0 Å². The van der Waals surface area contributed by atoms with Gasteiger partial charge in [0.05, 0.1) is 19.0 Å². The molecule has 0 aliphatic rings. The normalized spacial score (nSPS) is 10.2. The number of nitrogens with one attached hydrogen (secondary N) is 2. The van der Waals surface area contributed by atoms with Gasteiger partial charge in [0.15, 0.2) is 0 Å². The van der Waals surface area contributed by atoms with Crippen LogP contribution in [0.1, 0.15) is 22.8 Å². The molecule has 2 aromatic carbocycles. The predicted molar refractivity (Wildman–Crippen MR) is 104 cm³/mol. The minimum Gasteiger partial charge on any atom is -0.497 e. The van der Waals surface area contributed by atoms with Gasteiger partial charge in [0, 0.05) is 11.3 Å². The largest absolute Gasteiger partial charge is 0.497 e. The van der Waals surface area contributed by atoms with E-state index in [-0.39, 0.29) is 5.91 Å². The molecule has 0 aliphatic heterocycles. The maximum Gasteiger partial charge on any atom is 0.256 e. The summed E-state index contributed by atoms with van der Waals surface area (Å²) >= 11 is 0. The molecule has 5 heteroatoms. The first kappa shape index (κ1) is 17.5. The Balaban J connectivity index is 1.64. The Hall–Kier alpha value is -3.34. The van der Waals surface area contributed by atoms with E-state index in [1.54, 1.807) is 43.6 Å². The molecule has 26 heavy (non-hydrogen) atoms. The molecule has 3 aromatic rings. The second-order valence-electron chi connectivity index (χ2n) is 5.79. The van der Waals surface area contributed by atoms with E-state index in [0.717, 1.165) is 17.8 Å². The molecule has 0 radical (unpaired) electrons. The molecule has 1 amide bonds. The van der Waals surface area contributed by atoms with Gasteiger partial charge in [0.25, 0.3) is 5.91 Å². The van der Waals surface area contributed by atoms with Crippen LogP contribution in [-0.4, -0.2) is 18.0 Å². The smallest absolute Gasteiger partial charge is 0.256 e. The number of benzene rings is 2. The van der Waals surface area contributed by atoms with Gasteiger partial charge in [-0.1, -0.05) is 25.1 Å². The van der Waals surface area contributed by atoms with Crippen LogP contribution in [0.4, 0.5) is 17.2 Å². The number of anilines is 3. The zero-order valence-corrected chi connectivity index (χ0v) is 14.8. The molecular weight excluding hydrogens is 326 g/mol. The van der Waals surface area contributed by atoms with Crippen LogP contribution in [-0.2, 0) is 6.42 Å². The number of carbonyl (C=O) groups is 1. The van der Waals surface area contributed by atoms with E-state index in [1.807, 2.05) is 18.2 Å². The zero-order chi connectivity index (χ0) is 18.4. The first-order chi connectivity index (χ1) is 12.7. The van der Waals surface area contributed by atoms with E-state index < -0.39 is 0 Å². The number of methoxy groups -OCH3 is 1. The number of hydrogen-bond acceptors (Lipinski definition) is 4. The fourth-order valence-corrected chi connectivity index (χ4v) is 2.48. The van der Waals surface area contributed by atoms with Crippen LogP contribution in [0, 0.1) is 0 Å². The number of pyridine rings is 1. The topological polar surface area (TPSA) is 63.2 Å². The van der Waals surface area contributed by atoms with Crippen LogP contribution in [0.2, 0.25) is 0 Å². The van der Waals surface area contributed by atoms with E-state index in [4.69, 9.17) is 4.74 Å². The molecule has 1 aromatic heterocycles. The van der Waals surface area contributed by atoms with Crippen molar-refractivity contribution < 1.29 is 9.53 Å². The molecule has 0 unspecified atom stereocenters. The minimum atomic E-state index is -0.229. The molecule has 0 atom stereocenters. The first-order valence-electron chi connectivity index (χ1n) is 8.45. The van der Waals surface area contributed by atoms with Crippen molar-refractivity contribution in [2.45, 2.75) is 13.3 Å². The Morgan fingerprint density at radius 2 is 1.81 bits per heavy atom. The molecule has 0 fully saturated rings. The van der Waals surface area contributed by atoms with Crippen LogP contribution >= 0.6 is 0 Å². The van der Waals surface area contributed by atoms with Crippen molar-refractivity contribution in [3.05, 3.63) is 78.0 Å². The fourth-order valence-electron chi connectivity index (χ4n) is 2.48. The van der Waals surface area contributed by atoms with Gasteiger partial charge in [-0.25, -0.2) is 4.98 Å². The maximum absolute atomic E-state index is 12.3. The Bertz CT molecular complexity index is 875. The van der Waals surface area contributed by atoms with Gasteiger partial charge in [0.2, 0.25) is 0 Å². The summed E-state index contributed by atoms with van der Waals surface area (Å²) in [5.41, 5.74) is 3.67. The molecule has 0 spiro atoms. The van der Waals surface area contributed by atoms with Crippen molar-refractivity contribution in [3.8, 4) is 5.75 Å². The van der Waals surface area contributed by atoms with Crippen LogP contribution in [0.15, 0.2) is 66.9 Å². The molecule has 0 bridgehead atoms. The summed E-state index contributed by atoms with van der Waals surface area (Å²) in [6, 6.07) is 18.9. The van der Waals surface area contributed by atoms with E-state index in [0.29, 0.717) is 17.1 Å². The number of amides is 1. The van der Waals surface area contributed by atoms with Crippen molar-refractivity contribution in [3.63, 3.8) is 0 Å². The van der Waals surface area contributed by atoms with Gasteiger partial charge in [-0.3, -0.25) is 4.79 Å². The standard InChI is InChI=1S/C21H21N3O2/c1-3-15-7-9-17(10-8-15)23-18-11-12-20(22-14-18)24-21(25)16-5-4-6-19(13-16)26-2/h4-14,23H,3H2,1-2H3,(H,22,24,25). The van der Waals surface area contributed by atoms with Crippen molar-refractivity contribution in [1.82, 2.24) is 4.98 Å². The van der Waals surface area contributed by atoms with Gasteiger partial charge in [0.1, 0.15) is 11.6 Å². The highest BCUT2D eigenvalue weighted by Crippen LogP contribution is 2.19. The van der Waals surface area contributed by atoms with E-state index in [1.165, 1.54) is 5.56 Å². The number of ether oxygens (including phenoxy) is 1. The lowest BCUT2D eigenvalue weighted by Crippen LogP contribution is -2.12. The third-order valence-electron chi connectivity index (χ3n) is 3.99. The number of hydrogen-bond donors (Lipinski definition) is 2. The Morgan fingerprint density at radius 3 is 2.46 bits per heavy atom. The summed E-state index contributed by atoms with van der Waals surface area (Å²) in [5.74, 6) is 0.899. The third kappa shape index (κ3) is 4.39. The summed E-state index contributed by atoms with van der Waals surface area (Å²) in [6.07, 6.45) is 2.71. The summed E-state index contributed by atoms with van der Waals surface area (Å²) in [4.78, 5) is 16.6. The van der Waals surface area contributed by atoms with Crippen LogP contribution in [0.3, 0.4) is 0 Å². The van der Waals surface area contributed by atoms with Crippen molar-refractivity contribution in [1.29, 1.82) is 0 Å². The molecular formula is C21H21N3O2. The molecule has 3 rings (SSSR count). The van der Waals surface area contributed by atoms with E-state index >= 15 is 0 Å². The highest BCUT2D eigenvalue weighted by atomic mass is 16.5. The predicted octanol–water partition coefficient (Wildman–Crippen LogP) is 4.65. The number of aromatic nitrogens is 1. The second kappa shape index (κ2) is 8.16. The first-order valence-corrected chi connectivity index (χ1v) is 8.45. The summed E-state index contributed by atoms with van der Waals surface area (Å²) in [6.45, 7) is 2.13. The SMILES string of the molecule is CCc1ccc(Nc2ccc(NC(=O)c3cccc(OC)c3)nc2)cc1. The zero-order valence-electron chi connectivity index (χ0n) is 14.8. The van der Waals surface area contributed by atoms with E-state index in [9.17, 15) is 4.79 Å². The average molecular weight is 347 g/mol. The molecule has 132 valence electrons. The molecule has 0 saturated heterocycles. The summed E-state index contributed by atoms with van der Waals surface area (Å²) < 4.78 is 5.14. The van der Waals surface area contributed by atoms with Gasteiger partial charge in [-0.15, -0.1) is 0 Å². The number of nitrogens with zero attached hydrogens (tertiary/aromatic N) is 1. The second-order valence-corrected chi connectivity index (χ2v) is 5.79. The fraction of sp³-hybridized carbons (Fsp3) is 0.143. The van der Waals surface area contributed by atoms with Gasteiger partial charge < -0.3 is 15.4 Å². The number of carbonyl (C=O) groups excluding carboxylic acids is 1. The minimum absolute atomic E-state index is 0.229. The Labute approximate surface area is 153 Å². The van der Waals surface area contributed by atoms with E-state index in [2.05, 4.69) is 34.7 Å². The Morgan fingerprint density at radius 1 is 1.04 bits per heavy atom. The highest BCUT2D eigenvalue weighted by molar-refractivity contribution is 6.04. The molecule has 2 N–H and O–H groups in total. The lowest BCUT2D eigenvalue weighted by Gasteiger charge is -2.09. The maximum atomic E-state index is 12.3. The van der Waals surface area contributed by atoms with Crippen LogP contribution in [0.25, 0.3) is 0 Å². The number of rotatable bonds is 6. The van der Waals surface area contributed by atoms with Crippen LogP contribution < -0.4 is 15.4 Å². The average Bonchev–Trinajstić information content (AvgIpc) is 2.70. The molecule has 5 nitrogen and oxygen atoms in total. The summed E-state index contributed by atoms with van der Waals surface area (Å²) in [5, 5.41) is 6.07. The highest BCUT2D eigenvalue weighted by Gasteiger charge is 2.08.